The molecule has 1 saturated carbocycles. The molecule has 4 N–H and O–H groups in total. The predicted octanol–water partition coefficient (Wildman–Crippen LogP) is 5.83. The van der Waals surface area contributed by atoms with Gasteiger partial charge in [0.15, 0.2) is 5.82 Å². The normalized spacial score (nSPS) is 18.4. The maximum Gasteiger partial charge on any atom is 0.339 e. The smallest absolute Gasteiger partial charge is 0.339 e. The van der Waals surface area contributed by atoms with Crippen molar-refractivity contribution in [3.05, 3.63) is 91.8 Å². The second kappa shape index (κ2) is 14.3. The minimum Gasteiger partial charge on any atom is -0.465 e. The van der Waals surface area contributed by atoms with E-state index in [4.69, 9.17) is 27.1 Å². The molecule has 12 heteroatoms. The number of carbonyl (C=O) groups is 2. The van der Waals surface area contributed by atoms with Gasteiger partial charge in [-0.3, -0.25) is 14.4 Å². The Kier molecular flexibility index (Phi) is 9.96. The third-order valence-corrected chi connectivity index (χ3v) is 10.4. The Labute approximate surface area is 289 Å². The third-order valence-electron chi connectivity index (χ3n) is 8.95. The van der Waals surface area contributed by atoms with Crippen LogP contribution in [0.2, 0.25) is 5.02 Å². The van der Waals surface area contributed by atoms with Crippen LogP contribution in [-0.4, -0.2) is 58.1 Å². The highest BCUT2D eigenvalue weighted by Gasteiger charge is 2.33. The number of amides is 1. The fraction of sp³-hybridized carbons (Fsp3) is 0.361. The van der Waals surface area contributed by atoms with Crippen molar-refractivity contribution >= 4 is 46.2 Å². The lowest BCUT2D eigenvalue weighted by Crippen LogP contribution is -2.40. The molecular weight excluding hydrogens is 646 g/mol. The lowest BCUT2D eigenvalue weighted by Gasteiger charge is -2.30. The van der Waals surface area contributed by atoms with Gasteiger partial charge in [0.05, 0.1) is 31.4 Å². The molecule has 0 bridgehead atoms. The van der Waals surface area contributed by atoms with Crippen molar-refractivity contribution in [1.82, 2.24) is 20.1 Å². The van der Waals surface area contributed by atoms with Crippen molar-refractivity contribution in [3.8, 4) is 16.8 Å². The van der Waals surface area contributed by atoms with Crippen LogP contribution in [-0.2, 0) is 9.53 Å². The van der Waals surface area contributed by atoms with Crippen LogP contribution < -0.4 is 16.4 Å². The number of aromatic nitrogens is 3. The van der Waals surface area contributed by atoms with Crippen molar-refractivity contribution in [2.24, 2.45) is 10.7 Å². The number of ether oxygens (including phenoxy) is 1. The Balaban J connectivity index is 1.15. The molecule has 0 saturated heterocycles. The molecule has 248 valence electrons. The number of nitrogens with two attached hydrogens (primary N) is 1. The number of nitrogens with one attached hydrogen (secondary N) is 2. The fourth-order valence-corrected chi connectivity index (χ4v) is 7.72. The maximum absolute atomic E-state index is 13.6. The van der Waals surface area contributed by atoms with E-state index in [1.807, 2.05) is 43.3 Å². The van der Waals surface area contributed by atoms with Gasteiger partial charge < -0.3 is 21.1 Å². The van der Waals surface area contributed by atoms with E-state index in [-0.39, 0.29) is 31.0 Å². The van der Waals surface area contributed by atoms with E-state index in [9.17, 15) is 9.59 Å². The number of esters is 1. The van der Waals surface area contributed by atoms with Crippen molar-refractivity contribution in [2.45, 2.75) is 71.0 Å². The van der Waals surface area contributed by atoms with Crippen LogP contribution >= 0.6 is 22.9 Å². The number of thiophene rings is 1. The molecule has 10 nitrogen and oxygen atoms in total. The van der Waals surface area contributed by atoms with Crippen LogP contribution in [0.25, 0.3) is 5.00 Å². The highest BCUT2D eigenvalue weighted by atomic mass is 35.5. The van der Waals surface area contributed by atoms with Crippen molar-refractivity contribution in [1.29, 1.82) is 0 Å². The highest BCUT2D eigenvalue weighted by molar-refractivity contribution is 7.15. The largest absolute Gasteiger partial charge is 0.465 e. The van der Waals surface area contributed by atoms with Crippen LogP contribution in [0.15, 0.2) is 47.5 Å². The Morgan fingerprint density at radius 3 is 2.50 bits per heavy atom. The Hall–Kier alpha value is -4.50. The minimum atomic E-state index is -0.515. The summed E-state index contributed by atoms with van der Waals surface area (Å²) in [5.41, 5.74) is 11.4. The van der Waals surface area contributed by atoms with Crippen LogP contribution in [0, 0.1) is 32.6 Å². The number of rotatable bonds is 7. The van der Waals surface area contributed by atoms with E-state index in [0.717, 1.165) is 64.6 Å². The average molecular weight is 684 g/mol. The van der Waals surface area contributed by atoms with Gasteiger partial charge in [-0.2, -0.15) is 0 Å². The Morgan fingerprint density at radius 2 is 1.79 bits per heavy atom. The van der Waals surface area contributed by atoms with E-state index >= 15 is 0 Å². The number of halogens is 1. The molecule has 1 aliphatic carbocycles. The zero-order chi connectivity index (χ0) is 33.9. The zero-order valence-corrected chi connectivity index (χ0v) is 29.0. The van der Waals surface area contributed by atoms with Gasteiger partial charge in [-0.05, 0) is 82.3 Å². The topological polar surface area (TPSA) is 137 Å². The van der Waals surface area contributed by atoms with E-state index < -0.39 is 12.0 Å². The van der Waals surface area contributed by atoms with Gasteiger partial charge in [-0.15, -0.1) is 21.5 Å². The van der Waals surface area contributed by atoms with E-state index in [0.29, 0.717) is 22.0 Å². The molecule has 0 unspecified atom stereocenters. The summed E-state index contributed by atoms with van der Waals surface area (Å²) in [5, 5.41) is 17.4. The molecular formula is C36H38ClN7O3S. The van der Waals surface area contributed by atoms with Gasteiger partial charge >= 0.3 is 5.97 Å². The predicted molar refractivity (Wildman–Crippen MR) is 189 cm³/mol. The average Bonchev–Trinajstić information content (AvgIpc) is 3.56. The van der Waals surface area contributed by atoms with Gasteiger partial charge in [0.2, 0.25) is 5.91 Å². The molecule has 1 amide bonds. The first-order valence-corrected chi connectivity index (χ1v) is 17.2. The summed E-state index contributed by atoms with van der Waals surface area (Å²) < 4.78 is 6.96. The van der Waals surface area contributed by atoms with E-state index in [1.165, 1.54) is 12.0 Å². The number of methoxy groups -OCH3 is 1. The molecule has 0 radical (unpaired) electrons. The summed E-state index contributed by atoms with van der Waals surface area (Å²) in [4.78, 5) is 32.2. The number of benzene rings is 2. The summed E-state index contributed by atoms with van der Waals surface area (Å²) in [5.74, 6) is 6.71. The third kappa shape index (κ3) is 6.88. The van der Waals surface area contributed by atoms with Crippen molar-refractivity contribution in [2.75, 3.05) is 19.0 Å². The lowest BCUT2D eigenvalue weighted by molar-refractivity contribution is -0.122. The highest BCUT2D eigenvalue weighted by Crippen LogP contribution is 2.39. The summed E-state index contributed by atoms with van der Waals surface area (Å²) >= 11 is 7.92. The SMILES string of the molecule is COC(=O)c1ccc(NC2CCC(NC(=O)C[C@@H]3N=C(c4ccc(Cl)cc4)c4c(sc(C)c4C)-n4c(C)nnc43)CC2)cc1C#CCN. The first-order chi connectivity index (χ1) is 23.2. The van der Waals surface area contributed by atoms with E-state index in [1.54, 1.807) is 17.4 Å². The molecule has 4 aromatic rings. The molecule has 6 rings (SSSR count). The number of hydrogen-bond acceptors (Lipinski definition) is 9. The second-order valence-electron chi connectivity index (χ2n) is 12.1. The van der Waals surface area contributed by atoms with Gasteiger partial charge in [0.1, 0.15) is 16.9 Å². The number of nitrogens with zero attached hydrogens (tertiary/aromatic N) is 4. The standard InChI is InChI=1S/C36H38ClN7O3S/c1-20-21(2)48-35-32(20)33(23-7-9-25(37)10-8-23)41-30(34-43-42-22(3)44(34)35)19-31(45)40-27-13-11-26(12-14-27)39-28-15-16-29(36(46)47-4)24(18-28)6-5-17-38/h7-10,15-16,18,26-27,30,39H,11-14,17,19,38H2,1-4H3,(H,40,45)/t26?,27?,30-/m0/s1. The summed E-state index contributed by atoms with van der Waals surface area (Å²) in [6, 6.07) is 12.9. The molecule has 48 heavy (non-hydrogen) atoms. The molecule has 1 aliphatic heterocycles. The van der Waals surface area contributed by atoms with Crippen molar-refractivity contribution in [3.63, 3.8) is 0 Å². The molecule has 1 atom stereocenters. The quantitative estimate of drug-likeness (QED) is 0.165. The fourth-order valence-electron chi connectivity index (χ4n) is 6.38. The van der Waals surface area contributed by atoms with Crippen LogP contribution in [0.4, 0.5) is 5.69 Å². The van der Waals surface area contributed by atoms with Gasteiger partial charge in [-0.25, -0.2) is 4.79 Å². The van der Waals surface area contributed by atoms with Gasteiger partial charge in [0, 0.05) is 44.4 Å². The number of aryl methyl sites for hydroxylation is 2. The number of fused-ring (bicyclic) bond motifs is 3. The molecule has 0 spiro atoms. The maximum atomic E-state index is 13.6. The van der Waals surface area contributed by atoms with E-state index in [2.05, 4.69) is 51.1 Å². The number of carbonyl (C=O) groups excluding carboxylic acids is 2. The van der Waals surface area contributed by atoms with Crippen LogP contribution in [0.5, 0.6) is 0 Å². The molecule has 2 aromatic carbocycles. The van der Waals surface area contributed by atoms with Crippen LogP contribution in [0.1, 0.15) is 87.3 Å². The number of anilines is 1. The summed E-state index contributed by atoms with van der Waals surface area (Å²) in [6.45, 7) is 6.35. The second-order valence-corrected chi connectivity index (χ2v) is 13.8. The van der Waals surface area contributed by atoms with Gasteiger partial charge in [0.25, 0.3) is 0 Å². The molecule has 3 heterocycles. The Bertz CT molecular complexity index is 1950. The lowest BCUT2D eigenvalue weighted by atomic mass is 9.90. The monoisotopic (exact) mass is 683 g/mol. The summed E-state index contributed by atoms with van der Waals surface area (Å²) in [6.07, 6.45) is 3.57. The number of aliphatic imine (C=N–C) groups is 1. The zero-order valence-electron chi connectivity index (χ0n) is 27.4. The van der Waals surface area contributed by atoms with Crippen LogP contribution in [0.3, 0.4) is 0 Å². The van der Waals surface area contributed by atoms with Gasteiger partial charge in [-0.1, -0.05) is 35.6 Å². The number of hydrogen-bond donors (Lipinski definition) is 3. The Morgan fingerprint density at radius 1 is 1.06 bits per heavy atom. The van der Waals surface area contributed by atoms with Crippen molar-refractivity contribution < 1.29 is 14.3 Å². The molecule has 2 aromatic heterocycles. The molecule has 2 aliphatic rings. The molecule has 1 fully saturated rings. The first-order valence-electron chi connectivity index (χ1n) is 16.0. The summed E-state index contributed by atoms with van der Waals surface area (Å²) in [7, 11) is 1.35. The first kappa shape index (κ1) is 33.4. The minimum absolute atomic E-state index is 0.0554.